The number of aryl methyl sites for hydroxylation is 3. The molecule has 0 radical (unpaired) electrons. The Kier molecular flexibility index (Phi) is 6.49. The maximum Gasteiger partial charge on any atom is 0.435 e. The summed E-state index contributed by atoms with van der Waals surface area (Å²) >= 11 is 6.03. The molecular formula is C26H22ClF3N2O2. The molecule has 0 N–H and O–H groups in total. The standard InChI is InChI=1S/C26H22ClF3N2O2/c1-16-11-19(14-20(27)12-16)25(26(28,29)30)15-23(32-34-25)18-6-8-22(17(2)13-18)24(33)9-7-21-5-3-4-10-31-21/h3-6,8,10-14H,7,9,15H2,1-2H3. The number of rotatable bonds is 6. The van der Waals surface area contributed by atoms with Crippen LogP contribution in [0.5, 0.6) is 0 Å². The van der Waals surface area contributed by atoms with Crippen LogP contribution in [0.1, 0.15) is 51.1 Å². The number of Topliss-reactive ketones (excluding diaryl/α,β-unsaturated/α-hetero) is 1. The van der Waals surface area contributed by atoms with Crippen LogP contribution in [0.4, 0.5) is 13.2 Å². The zero-order valence-electron chi connectivity index (χ0n) is 18.6. The third kappa shape index (κ3) is 4.71. The van der Waals surface area contributed by atoms with Crippen LogP contribution in [0.3, 0.4) is 0 Å². The third-order valence-corrected chi connectivity index (χ3v) is 6.11. The molecule has 176 valence electrons. The van der Waals surface area contributed by atoms with E-state index in [1.165, 1.54) is 12.1 Å². The van der Waals surface area contributed by atoms with E-state index in [0.717, 1.165) is 5.69 Å². The monoisotopic (exact) mass is 486 g/mol. The summed E-state index contributed by atoms with van der Waals surface area (Å²) in [5.41, 5.74) is 0.510. The van der Waals surface area contributed by atoms with Gasteiger partial charge in [0.2, 0.25) is 0 Å². The van der Waals surface area contributed by atoms with E-state index in [1.807, 2.05) is 18.2 Å². The Morgan fingerprint density at radius 3 is 2.56 bits per heavy atom. The Balaban J connectivity index is 1.56. The van der Waals surface area contributed by atoms with Crippen LogP contribution in [-0.2, 0) is 16.9 Å². The molecule has 0 spiro atoms. The molecule has 0 bridgehead atoms. The average Bonchev–Trinajstić information content (AvgIpc) is 3.25. The number of ketones is 1. The number of carbonyl (C=O) groups excluding carboxylic acids is 1. The Labute approximate surface area is 200 Å². The molecule has 2 aromatic carbocycles. The zero-order chi connectivity index (χ0) is 24.5. The van der Waals surface area contributed by atoms with Crippen LogP contribution in [0, 0.1) is 13.8 Å². The Bertz CT molecular complexity index is 1240. The molecule has 8 heteroatoms. The number of nitrogens with zero attached hydrogens (tertiary/aromatic N) is 2. The van der Waals surface area contributed by atoms with Gasteiger partial charge >= 0.3 is 6.18 Å². The van der Waals surface area contributed by atoms with Crippen molar-refractivity contribution in [2.45, 2.75) is 44.9 Å². The maximum atomic E-state index is 14.2. The molecule has 0 aliphatic carbocycles. The van der Waals surface area contributed by atoms with Crippen molar-refractivity contribution in [2.24, 2.45) is 5.16 Å². The van der Waals surface area contributed by atoms with Gasteiger partial charge in [0, 0.05) is 40.9 Å². The molecule has 3 aromatic rings. The van der Waals surface area contributed by atoms with Crippen molar-refractivity contribution >= 4 is 23.1 Å². The number of aromatic nitrogens is 1. The number of halogens is 4. The number of carbonyl (C=O) groups is 1. The summed E-state index contributed by atoms with van der Waals surface area (Å²) in [5.74, 6) is -0.0571. The molecule has 0 amide bonds. The van der Waals surface area contributed by atoms with Crippen LogP contribution in [0.15, 0.2) is 65.9 Å². The zero-order valence-corrected chi connectivity index (χ0v) is 19.4. The van der Waals surface area contributed by atoms with Crippen LogP contribution >= 0.6 is 11.6 Å². The SMILES string of the molecule is Cc1cc(Cl)cc(C2(C(F)(F)F)CC(c3ccc(C(=O)CCc4ccccn4)c(C)c3)=NO2)c1. The summed E-state index contributed by atoms with van der Waals surface area (Å²) in [7, 11) is 0. The molecule has 0 saturated heterocycles. The predicted octanol–water partition coefficient (Wildman–Crippen LogP) is 6.75. The molecule has 34 heavy (non-hydrogen) atoms. The second-order valence-corrected chi connectivity index (χ2v) is 8.86. The summed E-state index contributed by atoms with van der Waals surface area (Å²) in [4.78, 5) is 22.0. The second kappa shape index (κ2) is 9.22. The summed E-state index contributed by atoms with van der Waals surface area (Å²) in [6, 6.07) is 14.7. The number of benzene rings is 2. The Morgan fingerprint density at radius 1 is 1.12 bits per heavy atom. The molecule has 0 saturated carbocycles. The van der Waals surface area contributed by atoms with Gasteiger partial charge in [-0.3, -0.25) is 9.78 Å². The van der Waals surface area contributed by atoms with E-state index in [-0.39, 0.29) is 28.5 Å². The van der Waals surface area contributed by atoms with Crippen molar-refractivity contribution in [3.8, 4) is 0 Å². The van der Waals surface area contributed by atoms with E-state index in [4.69, 9.17) is 16.4 Å². The fraction of sp³-hybridized carbons (Fsp3) is 0.269. The predicted molar refractivity (Wildman–Crippen MR) is 124 cm³/mol. The third-order valence-electron chi connectivity index (χ3n) is 5.89. The number of alkyl halides is 3. The summed E-state index contributed by atoms with van der Waals surface area (Å²) in [6.07, 6.45) is -2.74. The lowest BCUT2D eigenvalue weighted by Gasteiger charge is -2.29. The second-order valence-electron chi connectivity index (χ2n) is 8.42. The van der Waals surface area contributed by atoms with Crippen LogP contribution in [0.25, 0.3) is 0 Å². The van der Waals surface area contributed by atoms with Gasteiger partial charge in [0.1, 0.15) is 0 Å². The van der Waals surface area contributed by atoms with Crippen LogP contribution < -0.4 is 0 Å². The molecule has 0 fully saturated rings. The first-order chi connectivity index (χ1) is 16.1. The summed E-state index contributed by atoms with van der Waals surface area (Å²) in [6.45, 7) is 3.42. The molecular weight excluding hydrogens is 465 g/mol. The molecule has 1 aliphatic heterocycles. The number of hydrogen-bond acceptors (Lipinski definition) is 4. The first-order valence-corrected chi connectivity index (χ1v) is 11.1. The lowest BCUT2D eigenvalue weighted by molar-refractivity contribution is -0.275. The minimum Gasteiger partial charge on any atom is -0.374 e. The fourth-order valence-electron chi connectivity index (χ4n) is 4.11. The Hall–Kier alpha value is -3.19. The molecule has 1 unspecified atom stereocenters. The van der Waals surface area contributed by atoms with E-state index < -0.39 is 18.2 Å². The molecule has 4 nitrogen and oxygen atoms in total. The van der Waals surface area contributed by atoms with Gasteiger partial charge in [-0.1, -0.05) is 41.0 Å². The molecule has 1 aliphatic rings. The Morgan fingerprint density at radius 2 is 1.91 bits per heavy atom. The highest BCUT2D eigenvalue weighted by Gasteiger charge is 2.62. The van der Waals surface area contributed by atoms with Crippen molar-refractivity contribution in [3.05, 3.63) is 99.3 Å². The van der Waals surface area contributed by atoms with Gasteiger partial charge in [-0.15, -0.1) is 0 Å². The van der Waals surface area contributed by atoms with Crippen molar-refractivity contribution in [3.63, 3.8) is 0 Å². The van der Waals surface area contributed by atoms with Crippen molar-refractivity contribution in [1.29, 1.82) is 0 Å². The first-order valence-electron chi connectivity index (χ1n) is 10.7. The molecule has 1 aromatic heterocycles. The van der Waals surface area contributed by atoms with Gasteiger partial charge in [-0.2, -0.15) is 13.2 Å². The molecule has 4 rings (SSSR count). The maximum absolute atomic E-state index is 14.2. The van der Waals surface area contributed by atoms with Gasteiger partial charge in [0.25, 0.3) is 5.60 Å². The topological polar surface area (TPSA) is 51.5 Å². The van der Waals surface area contributed by atoms with Gasteiger partial charge < -0.3 is 4.84 Å². The average molecular weight is 487 g/mol. The van der Waals surface area contributed by atoms with E-state index in [0.29, 0.717) is 28.7 Å². The van der Waals surface area contributed by atoms with E-state index >= 15 is 0 Å². The highest BCUT2D eigenvalue weighted by Crippen LogP contribution is 2.49. The van der Waals surface area contributed by atoms with Crippen LogP contribution in [0.2, 0.25) is 5.02 Å². The first kappa shape index (κ1) is 24.0. The van der Waals surface area contributed by atoms with E-state index in [1.54, 1.807) is 44.3 Å². The van der Waals surface area contributed by atoms with Gasteiger partial charge in [0.15, 0.2) is 5.78 Å². The number of hydrogen-bond donors (Lipinski definition) is 0. The highest BCUT2D eigenvalue weighted by atomic mass is 35.5. The smallest absolute Gasteiger partial charge is 0.374 e. The summed E-state index contributed by atoms with van der Waals surface area (Å²) < 4.78 is 42.7. The van der Waals surface area contributed by atoms with Gasteiger partial charge in [-0.25, -0.2) is 0 Å². The largest absolute Gasteiger partial charge is 0.435 e. The van der Waals surface area contributed by atoms with E-state index in [2.05, 4.69) is 10.1 Å². The van der Waals surface area contributed by atoms with Gasteiger partial charge in [0.05, 0.1) is 5.71 Å². The number of oxime groups is 1. The van der Waals surface area contributed by atoms with Crippen molar-refractivity contribution in [1.82, 2.24) is 4.98 Å². The number of pyridine rings is 1. The molecule has 2 heterocycles. The van der Waals surface area contributed by atoms with Gasteiger partial charge in [-0.05, 0) is 67.3 Å². The minimum absolute atomic E-state index is 0.0571. The van der Waals surface area contributed by atoms with E-state index in [9.17, 15) is 18.0 Å². The lowest BCUT2D eigenvalue weighted by Crippen LogP contribution is -2.42. The quantitative estimate of drug-likeness (QED) is 0.362. The minimum atomic E-state index is -4.72. The summed E-state index contributed by atoms with van der Waals surface area (Å²) in [5, 5.41) is 4.01. The van der Waals surface area contributed by atoms with Crippen molar-refractivity contribution < 1.29 is 22.8 Å². The molecule has 1 atom stereocenters. The fourth-order valence-corrected chi connectivity index (χ4v) is 4.40. The highest BCUT2D eigenvalue weighted by molar-refractivity contribution is 6.30. The van der Waals surface area contributed by atoms with Crippen LogP contribution in [-0.4, -0.2) is 22.7 Å². The van der Waals surface area contributed by atoms with Crippen molar-refractivity contribution in [2.75, 3.05) is 0 Å². The lowest BCUT2D eigenvalue weighted by atomic mass is 9.85. The normalized spacial score (nSPS) is 17.9.